The first-order valence-electron chi connectivity index (χ1n) is 10.6. The number of benzene rings is 3. The number of methoxy groups -OCH3 is 2. The Balaban J connectivity index is 1.54. The van der Waals surface area contributed by atoms with Crippen molar-refractivity contribution in [2.75, 3.05) is 18.9 Å². The van der Waals surface area contributed by atoms with Gasteiger partial charge in [-0.3, -0.25) is 9.52 Å². The predicted octanol–water partition coefficient (Wildman–Crippen LogP) is 4.31. The Morgan fingerprint density at radius 3 is 2.27 bits per heavy atom. The van der Waals surface area contributed by atoms with Gasteiger partial charge in [-0.05, 0) is 67.4 Å². The highest BCUT2D eigenvalue weighted by molar-refractivity contribution is 7.92. The molecule has 1 saturated carbocycles. The van der Waals surface area contributed by atoms with Gasteiger partial charge in [0.2, 0.25) is 0 Å². The molecule has 0 aliphatic heterocycles. The van der Waals surface area contributed by atoms with E-state index in [9.17, 15) is 13.2 Å². The Morgan fingerprint density at radius 1 is 0.970 bits per heavy atom. The van der Waals surface area contributed by atoms with Crippen LogP contribution in [0.15, 0.2) is 77.7 Å². The molecule has 1 N–H and O–H groups in total. The van der Waals surface area contributed by atoms with Gasteiger partial charge in [-0.1, -0.05) is 18.2 Å². The van der Waals surface area contributed by atoms with E-state index < -0.39 is 10.0 Å². The lowest BCUT2D eigenvalue weighted by molar-refractivity contribution is 0.0728. The van der Waals surface area contributed by atoms with Crippen LogP contribution in [0.3, 0.4) is 0 Å². The zero-order valence-electron chi connectivity index (χ0n) is 18.5. The van der Waals surface area contributed by atoms with Crippen LogP contribution in [0.1, 0.15) is 28.8 Å². The van der Waals surface area contributed by atoms with E-state index in [0.29, 0.717) is 29.3 Å². The Labute approximate surface area is 194 Å². The molecule has 172 valence electrons. The Morgan fingerprint density at radius 2 is 1.67 bits per heavy atom. The van der Waals surface area contributed by atoms with E-state index in [2.05, 4.69) is 4.72 Å². The number of rotatable bonds is 9. The highest BCUT2D eigenvalue weighted by Crippen LogP contribution is 2.33. The maximum atomic E-state index is 13.3. The lowest BCUT2D eigenvalue weighted by atomic mass is 10.1. The fraction of sp³-hybridized carbons (Fsp3) is 0.240. The van der Waals surface area contributed by atoms with Crippen molar-refractivity contribution < 1.29 is 22.7 Å². The number of nitrogens with zero attached hydrogens (tertiary/aromatic N) is 1. The third-order valence-electron chi connectivity index (χ3n) is 5.51. The van der Waals surface area contributed by atoms with Crippen LogP contribution in [0, 0.1) is 0 Å². The molecule has 0 bridgehead atoms. The van der Waals surface area contributed by atoms with E-state index in [0.717, 1.165) is 18.4 Å². The maximum absolute atomic E-state index is 13.3. The van der Waals surface area contributed by atoms with E-state index in [1.165, 1.54) is 12.1 Å². The number of hydrogen-bond donors (Lipinski definition) is 1. The molecule has 0 saturated heterocycles. The average molecular weight is 467 g/mol. The second-order valence-corrected chi connectivity index (χ2v) is 9.52. The van der Waals surface area contributed by atoms with Crippen LogP contribution in [0.25, 0.3) is 0 Å². The third kappa shape index (κ3) is 5.28. The van der Waals surface area contributed by atoms with E-state index in [-0.39, 0.29) is 16.8 Å². The second kappa shape index (κ2) is 9.54. The summed E-state index contributed by atoms with van der Waals surface area (Å²) < 4.78 is 38.7. The summed E-state index contributed by atoms with van der Waals surface area (Å²) in [6.45, 7) is 0.374. The van der Waals surface area contributed by atoms with Crippen molar-refractivity contribution in [2.24, 2.45) is 0 Å². The number of para-hydroxylation sites is 1. The monoisotopic (exact) mass is 466 g/mol. The third-order valence-corrected chi connectivity index (χ3v) is 6.91. The first-order valence-corrected chi connectivity index (χ1v) is 12.1. The molecule has 1 aliphatic carbocycles. The van der Waals surface area contributed by atoms with Crippen molar-refractivity contribution in [1.82, 2.24) is 4.90 Å². The van der Waals surface area contributed by atoms with Gasteiger partial charge in [0.25, 0.3) is 15.9 Å². The van der Waals surface area contributed by atoms with E-state index in [1.807, 2.05) is 29.2 Å². The molecule has 3 aromatic carbocycles. The average Bonchev–Trinajstić information content (AvgIpc) is 3.68. The summed E-state index contributed by atoms with van der Waals surface area (Å²) in [6, 6.07) is 20.3. The summed E-state index contributed by atoms with van der Waals surface area (Å²) >= 11 is 0. The lowest BCUT2D eigenvalue weighted by Gasteiger charge is -2.24. The zero-order chi connectivity index (χ0) is 23.4. The lowest BCUT2D eigenvalue weighted by Crippen LogP contribution is -2.32. The van der Waals surface area contributed by atoms with E-state index >= 15 is 0 Å². The fourth-order valence-corrected chi connectivity index (χ4v) is 4.66. The van der Waals surface area contributed by atoms with Crippen molar-refractivity contribution in [3.8, 4) is 11.5 Å². The van der Waals surface area contributed by atoms with Crippen molar-refractivity contribution in [3.05, 3.63) is 83.9 Å². The summed E-state index contributed by atoms with van der Waals surface area (Å²) in [4.78, 5) is 15.2. The number of hydrogen-bond acceptors (Lipinski definition) is 5. The smallest absolute Gasteiger partial charge is 0.261 e. The molecule has 0 unspecified atom stereocenters. The minimum Gasteiger partial charge on any atom is -0.497 e. The number of carbonyl (C=O) groups is 1. The second-order valence-electron chi connectivity index (χ2n) is 7.84. The van der Waals surface area contributed by atoms with Crippen molar-refractivity contribution >= 4 is 21.6 Å². The molecule has 0 radical (unpaired) electrons. The number of sulfonamides is 1. The highest BCUT2D eigenvalue weighted by Gasteiger charge is 2.34. The topological polar surface area (TPSA) is 84.9 Å². The molecule has 33 heavy (non-hydrogen) atoms. The van der Waals surface area contributed by atoms with E-state index in [1.54, 1.807) is 50.6 Å². The number of amides is 1. The van der Waals surface area contributed by atoms with Crippen LogP contribution in [0.2, 0.25) is 0 Å². The van der Waals surface area contributed by atoms with E-state index in [4.69, 9.17) is 9.47 Å². The molecular formula is C25H26N2O5S. The molecule has 4 rings (SSSR count). The first-order chi connectivity index (χ1) is 15.9. The van der Waals surface area contributed by atoms with Crippen LogP contribution in [0.4, 0.5) is 5.69 Å². The summed E-state index contributed by atoms with van der Waals surface area (Å²) in [5.74, 6) is 1.22. The fourth-order valence-electron chi connectivity index (χ4n) is 3.60. The minimum atomic E-state index is -3.75. The Hall–Kier alpha value is -3.52. The molecule has 0 heterocycles. The van der Waals surface area contributed by atoms with Crippen LogP contribution in [-0.2, 0) is 16.6 Å². The molecule has 1 fully saturated rings. The molecule has 8 heteroatoms. The quantitative estimate of drug-likeness (QED) is 0.508. The Bertz CT molecular complexity index is 1220. The first kappa shape index (κ1) is 22.7. The number of ether oxygens (including phenoxy) is 2. The van der Waals surface area contributed by atoms with Crippen LogP contribution in [-0.4, -0.2) is 39.5 Å². The number of carbonyl (C=O) groups excluding carboxylic acids is 1. The van der Waals surface area contributed by atoms with Crippen LogP contribution in [0.5, 0.6) is 11.5 Å². The van der Waals surface area contributed by atoms with Gasteiger partial charge < -0.3 is 14.4 Å². The molecule has 1 aliphatic rings. The molecule has 0 atom stereocenters. The van der Waals surface area contributed by atoms with Gasteiger partial charge >= 0.3 is 0 Å². The largest absolute Gasteiger partial charge is 0.497 e. The number of anilines is 1. The van der Waals surface area contributed by atoms with Gasteiger partial charge in [-0.2, -0.15) is 0 Å². The summed E-state index contributed by atoms with van der Waals surface area (Å²) in [5.41, 5.74) is 1.76. The van der Waals surface area contributed by atoms with Gasteiger partial charge in [0.05, 0.1) is 25.7 Å². The van der Waals surface area contributed by atoms with Gasteiger partial charge in [0.15, 0.2) is 0 Å². The van der Waals surface area contributed by atoms with Crippen molar-refractivity contribution in [2.45, 2.75) is 30.3 Å². The standard InChI is InChI=1S/C25H26N2O5S/c1-31-22-12-15-24(32-2)19(16-22)17-27(21-10-11-21)25(28)18-8-13-23(14-9-18)33(29,30)26-20-6-4-3-5-7-20/h3-9,12-16,21,26H,10-11,17H2,1-2H3. The summed E-state index contributed by atoms with van der Waals surface area (Å²) in [6.07, 6.45) is 1.87. The van der Waals surface area contributed by atoms with Gasteiger partial charge in [0.1, 0.15) is 11.5 Å². The molecule has 0 spiro atoms. The normalized spacial score (nSPS) is 13.3. The minimum absolute atomic E-state index is 0.0929. The molecule has 1 amide bonds. The van der Waals surface area contributed by atoms with Gasteiger partial charge in [-0.25, -0.2) is 8.42 Å². The zero-order valence-corrected chi connectivity index (χ0v) is 19.3. The summed E-state index contributed by atoms with van der Waals surface area (Å²) in [7, 11) is -0.561. The molecule has 7 nitrogen and oxygen atoms in total. The van der Waals surface area contributed by atoms with Crippen molar-refractivity contribution in [1.29, 1.82) is 0 Å². The highest BCUT2D eigenvalue weighted by atomic mass is 32.2. The van der Waals surface area contributed by atoms with Gasteiger partial charge in [0, 0.05) is 22.9 Å². The van der Waals surface area contributed by atoms with Gasteiger partial charge in [-0.15, -0.1) is 0 Å². The Kier molecular flexibility index (Phi) is 6.55. The summed E-state index contributed by atoms with van der Waals surface area (Å²) in [5, 5.41) is 0. The molecule has 0 aromatic heterocycles. The predicted molar refractivity (Wildman–Crippen MR) is 126 cm³/mol. The van der Waals surface area contributed by atoms with Crippen LogP contribution < -0.4 is 14.2 Å². The van der Waals surface area contributed by atoms with Crippen LogP contribution >= 0.6 is 0 Å². The molecule has 3 aromatic rings. The maximum Gasteiger partial charge on any atom is 0.261 e. The number of nitrogens with one attached hydrogen (secondary N) is 1. The van der Waals surface area contributed by atoms with Crippen molar-refractivity contribution in [3.63, 3.8) is 0 Å². The SMILES string of the molecule is COc1ccc(OC)c(CN(C(=O)c2ccc(S(=O)(=O)Nc3ccccc3)cc2)C2CC2)c1. The molecular weight excluding hydrogens is 440 g/mol.